The van der Waals surface area contributed by atoms with Crippen LogP contribution in [0.15, 0.2) is 153 Å². The van der Waals surface area contributed by atoms with E-state index in [2.05, 4.69) is 29.1 Å². The van der Waals surface area contributed by atoms with E-state index >= 15 is 0 Å². The summed E-state index contributed by atoms with van der Waals surface area (Å²) in [5.41, 5.74) is 3.37. The van der Waals surface area contributed by atoms with Crippen LogP contribution in [-0.4, -0.2) is 54.1 Å². The highest BCUT2D eigenvalue weighted by Gasteiger charge is 2.30. The zero-order valence-corrected chi connectivity index (χ0v) is 32.6. The Balaban J connectivity index is 1.22. The number of benzene rings is 5. The van der Waals surface area contributed by atoms with Gasteiger partial charge in [0.15, 0.2) is 0 Å². The van der Waals surface area contributed by atoms with Crippen LogP contribution in [0.1, 0.15) is 36.0 Å². The van der Waals surface area contributed by atoms with Gasteiger partial charge in [0.1, 0.15) is 25.0 Å². The number of ether oxygens (including phenoxy) is 2. The second kappa shape index (κ2) is 22.3. The molecule has 10 heteroatoms. The summed E-state index contributed by atoms with van der Waals surface area (Å²) in [5.74, 6) is -2.95. The number of hydrogen-bond donors (Lipinski definition) is 4. The lowest BCUT2D eigenvalue weighted by Crippen LogP contribution is -2.50. The van der Waals surface area contributed by atoms with Gasteiger partial charge in [0.05, 0.1) is 24.5 Å². The first-order chi connectivity index (χ1) is 28.2. The summed E-state index contributed by atoms with van der Waals surface area (Å²) >= 11 is 0. The fraction of sp³-hybridized carbons (Fsp3) is 0.250. The normalized spacial score (nSPS) is 12.9. The Labute approximate surface area is 340 Å². The third kappa shape index (κ3) is 13.3. The van der Waals surface area contributed by atoms with E-state index in [1.165, 1.54) is 6.08 Å². The molecule has 300 valence electrons. The van der Waals surface area contributed by atoms with Crippen LogP contribution in [0.5, 0.6) is 5.75 Å². The minimum atomic E-state index is -1.29. The Kier molecular flexibility index (Phi) is 16.4. The maximum atomic E-state index is 13.8. The number of nitrogens with one attached hydrogen (secondary N) is 3. The molecule has 0 saturated carbocycles. The molecule has 0 spiro atoms. The molecule has 5 rings (SSSR count). The van der Waals surface area contributed by atoms with Crippen molar-refractivity contribution in [2.45, 2.75) is 50.8 Å². The first kappa shape index (κ1) is 42.6. The van der Waals surface area contributed by atoms with E-state index in [0.29, 0.717) is 37.3 Å². The quantitative estimate of drug-likeness (QED) is 0.0433. The number of anilines is 1. The van der Waals surface area contributed by atoms with Crippen LogP contribution in [0.2, 0.25) is 0 Å². The van der Waals surface area contributed by atoms with Gasteiger partial charge in [-0.15, -0.1) is 13.2 Å². The van der Waals surface area contributed by atoms with Gasteiger partial charge in [-0.25, -0.2) is 0 Å². The van der Waals surface area contributed by atoms with E-state index < -0.39 is 54.2 Å². The zero-order valence-electron chi connectivity index (χ0n) is 32.6. The van der Waals surface area contributed by atoms with Crippen molar-refractivity contribution in [3.63, 3.8) is 0 Å². The highest BCUT2D eigenvalue weighted by atomic mass is 16.5. The van der Waals surface area contributed by atoms with Crippen LogP contribution in [0.4, 0.5) is 5.69 Å². The van der Waals surface area contributed by atoms with Gasteiger partial charge < -0.3 is 30.5 Å². The molecule has 0 aliphatic rings. The SMILES string of the molecule is C=CC[C@H](CC(=O)N[C@H](CO)Cc1ccc(OCc2ccccc2)cc1)C(=O)N[C@@H](COC(=O)[C@H](CC=C)Cc1ccccc1)C(=O)Nc1ccc2ccccc2c1. The summed E-state index contributed by atoms with van der Waals surface area (Å²) in [6.07, 6.45) is 4.17. The fourth-order valence-electron chi connectivity index (χ4n) is 6.52. The molecule has 0 fully saturated rings. The molecule has 5 aromatic carbocycles. The van der Waals surface area contributed by atoms with Gasteiger partial charge in [-0.3, -0.25) is 19.2 Å². The van der Waals surface area contributed by atoms with E-state index in [-0.39, 0.29) is 19.4 Å². The van der Waals surface area contributed by atoms with Gasteiger partial charge in [0.25, 0.3) is 5.91 Å². The molecule has 58 heavy (non-hydrogen) atoms. The molecule has 4 N–H and O–H groups in total. The Morgan fingerprint density at radius 3 is 1.95 bits per heavy atom. The molecule has 5 aromatic rings. The van der Waals surface area contributed by atoms with Crippen LogP contribution in [0, 0.1) is 11.8 Å². The van der Waals surface area contributed by atoms with Gasteiger partial charge in [-0.1, -0.05) is 115 Å². The number of aliphatic hydroxyl groups excluding tert-OH is 1. The minimum absolute atomic E-state index is 0.130. The van der Waals surface area contributed by atoms with Gasteiger partial charge in [-0.2, -0.15) is 0 Å². The lowest BCUT2D eigenvalue weighted by Gasteiger charge is -2.23. The van der Waals surface area contributed by atoms with Crippen LogP contribution >= 0.6 is 0 Å². The third-order valence-electron chi connectivity index (χ3n) is 9.64. The Morgan fingerprint density at radius 1 is 0.655 bits per heavy atom. The average molecular weight is 782 g/mol. The van der Waals surface area contributed by atoms with E-state index in [4.69, 9.17) is 9.47 Å². The molecule has 0 aliphatic heterocycles. The lowest BCUT2D eigenvalue weighted by molar-refractivity contribution is -0.150. The maximum absolute atomic E-state index is 13.8. The number of amides is 3. The summed E-state index contributed by atoms with van der Waals surface area (Å²) in [6, 6.07) is 38.0. The molecule has 0 saturated heterocycles. The summed E-state index contributed by atoms with van der Waals surface area (Å²) in [4.78, 5) is 54.3. The van der Waals surface area contributed by atoms with Gasteiger partial charge >= 0.3 is 5.97 Å². The first-order valence-electron chi connectivity index (χ1n) is 19.4. The predicted molar refractivity (Wildman–Crippen MR) is 227 cm³/mol. The van der Waals surface area contributed by atoms with Crippen LogP contribution in [0.3, 0.4) is 0 Å². The highest BCUT2D eigenvalue weighted by Crippen LogP contribution is 2.21. The number of carbonyl (C=O) groups is 4. The van der Waals surface area contributed by atoms with Gasteiger partial charge in [-0.05, 0) is 77.4 Å². The van der Waals surface area contributed by atoms with Crippen molar-refractivity contribution in [3.05, 3.63) is 169 Å². The number of rotatable bonds is 22. The average Bonchev–Trinajstić information content (AvgIpc) is 3.24. The van der Waals surface area contributed by atoms with Crippen LogP contribution < -0.4 is 20.7 Å². The van der Waals surface area contributed by atoms with E-state index in [9.17, 15) is 24.3 Å². The number of allylic oxidation sites excluding steroid dienone is 2. The molecule has 0 aromatic heterocycles. The molecule has 4 atom stereocenters. The lowest BCUT2D eigenvalue weighted by atomic mass is 9.96. The van der Waals surface area contributed by atoms with Crippen LogP contribution in [-0.2, 0) is 43.4 Å². The molecule has 0 aliphatic carbocycles. The summed E-state index contributed by atoms with van der Waals surface area (Å²) < 4.78 is 11.6. The molecule has 10 nitrogen and oxygen atoms in total. The number of hydrogen-bond acceptors (Lipinski definition) is 7. The summed E-state index contributed by atoms with van der Waals surface area (Å²) in [5, 5.41) is 20.5. The maximum Gasteiger partial charge on any atom is 0.309 e. The molecule has 0 radical (unpaired) electrons. The Hall–Kier alpha value is -6.52. The van der Waals surface area contributed by atoms with Crippen molar-refractivity contribution in [1.82, 2.24) is 10.6 Å². The largest absolute Gasteiger partial charge is 0.489 e. The monoisotopic (exact) mass is 781 g/mol. The third-order valence-corrected chi connectivity index (χ3v) is 9.64. The fourth-order valence-corrected chi connectivity index (χ4v) is 6.52. The smallest absolute Gasteiger partial charge is 0.309 e. The standard InChI is InChI=1S/C48H51N3O7/c1-3-13-39(30-45(53)49-42(31-52)28-35-21-25-43(26-22-35)57-32-36-17-9-6-10-18-36)46(54)51-44(47(55)50-41-24-23-37-19-11-12-20-38(37)29-41)33-58-48(56)40(14-4-2)27-34-15-7-5-8-16-34/h3-12,15-26,29,39-40,42,44,52H,1-2,13-14,27-28,30-33H2,(H,49,53)(H,50,55)(H,51,54)/t39-,40-,42+,44+/m1/s1. The van der Waals surface area contributed by atoms with Crippen molar-refractivity contribution in [1.29, 1.82) is 0 Å². The Morgan fingerprint density at radius 2 is 1.28 bits per heavy atom. The van der Waals surface area contributed by atoms with Crippen molar-refractivity contribution >= 4 is 40.2 Å². The summed E-state index contributed by atoms with van der Waals surface area (Å²) in [6.45, 7) is 7.22. The number of fused-ring (bicyclic) bond motifs is 1. The molecular formula is C48H51N3O7. The van der Waals surface area contributed by atoms with Crippen molar-refractivity contribution in [3.8, 4) is 5.75 Å². The van der Waals surface area contributed by atoms with E-state index in [1.54, 1.807) is 12.1 Å². The van der Waals surface area contributed by atoms with E-state index in [0.717, 1.165) is 27.5 Å². The van der Waals surface area contributed by atoms with Crippen LogP contribution in [0.25, 0.3) is 10.8 Å². The second-order valence-electron chi connectivity index (χ2n) is 14.1. The van der Waals surface area contributed by atoms with Gasteiger partial charge in [0, 0.05) is 12.1 Å². The molecule has 0 bridgehead atoms. The zero-order chi connectivity index (χ0) is 41.1. The second-order valence-corrected chi connectivity index (χ2v) is 14.1. The number of esters is 1. The molecular weight excluding hydrogens is 731 g/mol. The molecule has 0 unspecified atom stereocenters. The predicted octanol–water partition coefficient (Wildman–Crippen LogP) is 7.12. The Bertz CT molecular complexity index is 2120. The van der Waals surface area contributed by atoms with Gasteiger partial charge in [0.2, 0.25) is 11.8 Å². The van der Waals surface area contributed by atoms with Crippen molar-refractivity contribution < 1.29 is 33.8 Å². The topological polar surface area (TPSA) is 143 Å². The van der Waals surface area contributed by atoms with Crippen molar-refractivity contribution in [2.24, 2.45) is 11.8 Å². The molecule has 0 heterocycles. The van der Waals surface area contributed by atoms with E-state index in [1.807, 2.05) is 121 Å². The highest BCUT2D eigenvalue weighted by molar-refractivity contribution is 5.99. The number of carbonyl (C=O) groups excluding carboxylic acids is 4. The first-order valence-corrected chi connectivity index (χ1v) is 19.4. The number of aliphatic hydroxyl groups is 1. The molecule has 3 amide bonds. The van der Waals surface area contributed by atoms with Crippen molar-refractivity contribution in [2.75, 3.05) is 18.5 Å². The minimum Gasteiger partial charge on any atom is -0.489 e. The summed E-state index contributed by atoms with van der Waals surface area (Å²) in [7, 11) is 0.